The van der Waals surface area contributed by atoms with Gasteiger partial charge in [0.2, 0.25) is 5.91 Å². The molecule has 0 unspecified atom stereocenters. The summed E-state index contributed by atoms with van der Waals surface area (Å²) in [6.07, 6.45) is -0.783. The summed E-state index contributed by atoms with van der Waals surface area (Å²) in [5, 5.41) is 20.8. The van der Waals surface area contributed by atoms with Gasteiger partial charge < -0.3 is 15.7 Å². The van der Waals surface area contributed by atoms with E-state index in [-0.39, 0.29) is 12.2 Å². The van der Waals surface area contributed by atoms with Crippen molar-refractivity contribution in [2.45, 2.75) is 20.0 Å². The zero-order chi connectivity index (χ0) is 13.9. The molecule has 100 valence electrons. The smallest absolute Gasteiger partial charge is 0.304 e. The first-order valence-corrected chi connectivity index (χ1v) is 6.17. The number of carbonyl (C=O) groups excluding carboxylic acids is 1. The van der Waals surface area contributed by atoms with Crippen LogP contribution >= 0.6 is 11.3 Å². The van der Waals surface area contributed by atoms with Crippen molar-refractivity contribution in [2.75, 3.05) is 18.0 Å². The Morgan fingerprint density at radius 3 is 2.72 bits per heavy atom. The molecule has 1 heterocycles. The summed E-state index contributed by atoms with van der Waals surface area (Å²) >= 11 is 1.10. The fourth-order valence-corrected chi connectivity index (χ4v) is 2.59. The lowest BCUT2D eigenvalue weighted by molar-refractivity contribution is -0.383. The van der Waals surface area contributed by atoms with Gasteiger partial charge in [0.15, 0.2) is 5.00 Å². The van der Waals surface area contributed by atoms with Crippen LogP contribution in [0.4, 0.5) is 10.7 Å². The Morgan fingerprint density at radius 1 is 1.72 bits per heavy atom. The number of amides is 1. The molecule has 8 heteroatoms. The predicted octanol–water partition coefficient (Wildman–Crippen LogP) is 1.02. The number of nitro groups is 1. The number of rotatable bonds is 6. The molecule has 0 bridgehead atoms. The van der Waals surface area contributed by atoms with E-state index >= 15 is 0 Å². The molecule has 0 saturated carbocycles. The number of aliphatic hydroxyl groups excluding tert-OH is 1. The van der Waals surface area contributed by atoms with E-state index < -0.39 is 16.9 Å². The Balaban J connectivity index is 3.18. The molecule has 7 nitrogen and oxygen atoms in total. The number of aliphatic hydroxyl groups is 1. The lowest BCUT2D eigenvalue weighted by atomic mass is 10.3. The lowest BCUT2D eigenvalue weighted by Gasteiger charge is -2.18. The molecule has 1 amide bonds. The Bertz CT molecular complexity index is 458. The highest BCUT2D eigenvalue weighted by Crippen LogP contribution is 2.39. The van der Waals surface area contributed by atoms with E-state index in [0.29, 0.717) is 16.4 Å². The molecule has 3 N–H and O–H groups in total. The van der Waals surface area contributed by atoms with E-state index in [9.17, 15) is 20.0 Å². The van der Waals surface area contributed by atoms with Gasteiger partial charge >= 0.3 is 5.69 Å². The number of carbonyl (C=O) groups is 1. The second kappa shape index (κ2) is 5.78. The number of nitrogens with zero attached hydrogens (tertiary/aromatic N) is 2. The van der Waals surface area contributed by atoms with Gasteiger partial charge in [-0.15, -0.1) is 11.3 Å². The Hall–Kier alpha value is -1.67. The molecule has 0 aromatic carbocycles. The second-order valence-corrected chi connectivity index (χ2v) is 4.81. The quantitative estimate of drug-likeness (QED) is 0.594. The number of nitrogens with two attached hydrogens (primary N) is 1. The van der Waals surface area contributed by atoms with Gasteiger partial charge in [0, 0.05) is 17.5 Å². The molecule has 0 aliphatic heterocycles. The minimum Gasteiger partial charge on any atom is -0.388 e. The zero-order valence-electron chi connectivity index (χ0n) is 10.1. The summed E-state index contributed by atoms with van der Waals surface area (Å²) in [7, 11) is 0. The highest BCUT2D eigenvalue weighted by molar-refractivity contribution is 7.16. The van der Waals surface area contributed by atoms with Crippen molar-refractivity contribution in [1.29, 1.82) is 0 Å². The molecule has 0 aliphatic rings. The van der Waals surface area contributed by atoms with Crippen molar-refractivity contribution in [1.82, 2.24) is 0 Å². The van der Waals surface area contributed by atoms with Crippen molar-refractivity contribution in [3.63, 3.8) is 0 Å². The van der Waals surface area contributed by atoms with Gasteiger partial charge in [-0.1, -0.05) is 0 Å². The molecule has 18 heavy (non-hydrogen) atoms. The van der Waals surface area contributed by atoms with Gasteiger partial charge in [-0.2, -0.15) is 0 Å². The van der Waals surface area contributed by atoms with Crippen LogP contribution in [0.15, 0.2) is 6.07 Å². The van der Waals surface area contributed by atoms with Crippen molar-refractivity contribution in [3.8, 4) is 0 Å². The number of thiophene rings is 1. The van der Waals surface area contributed by atoms with E-state index in [4.69, 9.17) is 5.73 Å². The van der Waals surface area contributed by atoms with Crippen LogP contribution in [0.5, 0.6) is 0 Å². The maximum Gasteiger partial charge on any atom is 0.304 e. The van der Waals surface area contributed by atoms with Crippen molar-refractivity contribution < 1.29 is 14.8 Å². The lowest BCUT2D eigenvalue weighted by Crippen LogP contribution is -2.33. The van der Waals surface area contributed by atoms with E-state index in [1.54, 1.807) is 6.92 Å². The molecule has 0 saturated heterocycles. The Labute approximate surface area is 108 Å². The summed E-state index contributed by atoms with van der Waals surface area (Å²) in [5.74, 6) is -0.557. The summed E-state index contributed by atoms with van der Waals surface area (Å²) < 4.78 is 0. The first-order valence-electron chi connectivity index (χ1n) is 5.36. The third kappa shape index (κ3) is 3.17. The average Bonchev–Trinajstić information content (AvgIpc) is 2.70. The van der Waals surface area contributed by atoms with Crippen LogP contribution in [0.3, 0.4) is 0 Å². The highest BCUT2D eigenvalue weighted by Gasteiger charge is 2.25. The minimum absolute atomic E-state index is 0.0862. The maximum absolute atomic E-state index is 11.0. The molecule has 0 spiro atoms. The molecular weight excluding hydrogens is 258 g/mol. The molecule has 1 aromatic rings. The average molecular weight is 273 g/mol. The van der Waals surface area contributed by atoms with Gasteiger partial charge in [0.05, 0.1) is 17.6 Å². The number of hydrogen-bond donors (Lipinski definition) is 2. The zero-order valence-corrected chi connectivity index (χ0v) is 10.9. The van der Waals surface area contributed by atoms with Crippen molar-refractivity contribution in [2.24, 2.45) is 5.73 Å². The number of primary amides is 1. The molecule has 0 radical (unpaired) electrons. The molecule has 1 rings (SSSR count). The topological polar surface area (TPSA) is 110 Å². The van der Waals surface area contributed by atoms with Crippen molar-refractivity contribution in [3.05, 3.63) is 21.1 Å². The number of likely N-dealkylation sites (N-methyl/N-ethyl adjacent to an activating group) is 1. The highest BCUT2D eigenvalue weighted by atomic mass is 32.1. The summed E-state index contributed by atoms with van der Waals surface area (Å²) in [6, 6.07) is 1.33. The summed E-state index contributed by atoms with van der Waals surface area (Å²) in [6.45, 7) is 3.64. The van der Waals surface area contributed by atoms with Crippen molar-refractivity contribution >= 4 is 27.9 Å². The number of hydrogen-bond acceptors (Lipinski definition) is 6. The van der Waals surface area contributed by atoms with Crippen LogP contribution in [0.2, 0.25) is 0 Å². The third-order valence-electron chi connectivity index (χ3n) is 2.34. The van der Waals surface area contributed by atoms with Crippen LogP contribution < -0.4 is 10.6 Å². The van der Waals surface area contributed by atoms with Gasteiger partial charge in [-0.3, -0.25) is 14.9 Å². The fourth-order valence-electron chi connectivity index (χ4n) is 1.47. The molecule has 1 atom stereocenters. The number of anilines is 1. The monoisotopic (exact) mass is 273 g/mol. The molecule has 1 aromatic heterocycles. The van der Waals surface area contributed by atoms with E-state index in [1.165, 1.54) is 17.9 Å². The normalized spacial score (nSPS) is 12.2. The van der Waals surface area contributed by atoms with Crippen LogP contribution in [-0.4, -0.2) is 29.0 Å². The van der Waals surface area contributed by atoms with Crippen LogP contribution in [0, 0.1) is 10.1 Å². The SMILES string of the molecule is CCN(CC(N)=O)c1sc([C@H](C)O)cc1[N+](=O)[O-]. The predicted molar refractivity (Wildman–Crippen MR) is 68.7 cm³/mol. The fraction of sp³-hybridized carbons (Fsp3) is 0.500. The first kappa shape index (κ1) is 14.4. The van der Waals surface area contributed by atoms with Crippen LogP contribution in [-0.2, 0) is 4.79 Å². The standard InChI is InChI=1S/C10H15N3O4S/c1-3-12(5-9(11)15)10-7(13(16)17)4-8(18-10)6(2)14/h4,6,14H,3,5H2,1-2H3,(H2,11,15)/t6-/m0/s1. The maximum atomic E-state index is 11.0. The van der Waals surface area contributed by atoms with Crippen LogP contribution in [0.1, 0.15) is 24.8 Å². The van der Waals surface area contributed by atoms with Crippen LogP contribution in [0.25, 0.3) is 0 Å². The summed E-state index contributed by atoms with van der Waals surface area (Å²) in [4.78, 5) is 23.4. The summed E-state index contributed by atoms with van der Waals surface area (Å²) in [5.41, 5.74) is 4.99. The van der Waals surface area contributed by atoms with Gasteiger partial charge in [-0.05, 0) is 13.8 Å². The molecular formula is C10H15N3O4S. The Morgan fingerprint density at radius 2 is 2.33 bits per heavy atom. The van der Waals surface area contributed by atoms with Gasteiger partial charge in [0.1, 0.15) is 0 Å². The van der Waals surface area contributed by atoms with E-state index in [1.807, 2.05) is 0 Å². The second-order valence-electron chi connectivity index (χ2n) is 3.75. The molecule has 0 aliphatic carbocycles. The largest absolute Gasteiger partial charge is 0.388 e. The first-order chi connectivity index (χ1) is 8.36. The Kier molecular flexibility index (Phi) is 4.62. The van der Waals surface area contributed by atoms with Gasteiger partial charge in [0.25, 0.3) is 0 Å². The minimum atomic E-state index is -0.783. The molecule has 0 fully saturated rings. The van der Waals surface area contributed by atoms with E-state index in [2.05, 4.69) is 0 Å². The third-order valence-corrected chi connectivity index (χ3v) is 3.69. The van der Waals surface area contributed by atoms with Gasteiger partial charge in [-0.25, -0.2) is 0 Å². The van der Waals surface area contributed by atoms with E-state index in [0.717, 1.165) is 11.3 Å².